The van der Waals surface area contributed by atoms with Crippen LogP contribution in [0.25, 0.3) is 11.1 Å². The van der Waals surface area contributed by atoms with Gasteiger partial charge in [-0.15, -0.1) is 0 Å². The predicted molar refractivity (Wildman–Crippen MR) is 63.0 cm³/mol. The molecular weight excluding hydrogens is 220 g/mol. The molecule has 1 aromatic heterocycles. The van der Waals surface area contributed by atoms with Gasteiger partial charge in [-0.2, -0.15) is 0 Å². The first-order valence-electron chi connectivity index (χ1n) is 5.54. The SMILES string of the molecule is Cn1c(=O)oc2ccc(C3(CN)COC3)cc21. The summed E-state index contributed by atoms with van der Waals surface area (Å²) in [6.45, 7) is 1.83. The minimum atomic E-state index is -0.344. The molecule has 0 bridgehead atoms. The molecule has 2 N–H and O–H groups in total. The highest BCUT2D eigenvalue weighted by molar-refractivity contribution is 5.74. The summed E-state index contributed by atoms with van der Waals surface area (Å²) in [5.74, 6) is -0.344. The third kappa shape index (κ3) is 1.36. The van der Waals surface area contributed by atoms with Crippen LogP contribution in [0.1, 0.15) is 5.56 Å². The molecule has 2 aromatic rings. The number of aromatic nitrogens is 1. The van der Waals surface area contributed by atoms with Crippen molar-refractivity contribution >= 4 is 11.1 Å². The lowest BCUT2D eigenvalue weighted by atomic mass is 9.79. The first-order valence-corrected chi connectivity index (χ1v) is 5.54. The van der Waals surface area contributed by atoms with Gasteiger partial charge >= 0.3 is 5.76 Å². The molecule has 0 aliphatic carbocycles. The van der Waals surface area contributed by atoms with Crippen molar-refractivity contribution in [2.75, 3.05) is 19.8 Å². The van der Waals surface area contributed by atoms with Crippen LogP contribution in [-0.4, -0.2) is 24.3 Å². The molecule has 1 aromatic carbocycles. The Labute approximate surface area is 97.8 Å². The van der Waals surface area contributed by atoms with Gasteiger partial charge in [-0.25, -0.2) is 4.79 Å². The number of oxazole rings is 1. The van der Waals surface area contributed by atoms with Gasteiger partial charge in [-0.1, -0.05) is 6.07 Å². The molecule has 0 atom stereocenters. The van der Waals surface area contributed by atoms with Gasteiger partial charge in [0.15, 0.2) is 5.58 Å². The fourth-order valence-electron chi connectivity index (χ4n) is 2.21. The maximum absolute atomic E-state index is 11.4. The van der Waals surface area contributed by atoms with E-state index >= 15 is 0 Å². The maximum Gasteiger partial charge on any atom is 0.419 e. The lowest BCUT2D eigenvalue weighted by Gasteiger charge is -2.41. The number of nitrogens with two attached hydrogens (primary N) is 1. The van der Waals surface area contributed by atoms with E-state index in [9.17, 15) is 4.79 Å². The standard InChI is InChI=1S/C12H14N2O3/c1-14-9-4-8(12(5-13)6-16-7-12)2-3-10(9)17-11(14)15/h2-4H,5-7,13H2,1H3. The van der Waals surface area contributed by atoms with Crippen LogP contribution in [0.4, 0.5) is 0 Å². The van der Waals surface area contributed by atoms with Crippen molar-refractivity contribution in [3.05, 3.63) is 34.3 Å². The second-order valence-electron chi connectivity index (χ2n) is 4.59. The third-order valence-electron chi connectivity index (χ3n) is 3.55. The summed E-state index contributed by atoms with van der Waals surface area (Å²) in [7, 11) is 1.70. The van der Waals surface area contributed by atoms with Crippen molar-refractivity contribution in [3.63, 3.8) is 0 Å². The molecule has 0 unspecified atom stereocenters. The summed E-state index contributed by atoms with van der Waals surface area (Å²) in [5.41, 5.74) is 8.23. The van der Waals surface area contributed by atoms with Crippen molar-refractivity contribution in [1.29, 1.82) is 0 Å². The molecule has 5 heteroatoms. The van der Waals surface area contributed by atoms with Gasteiger partial charge < -0.3 is 14.9 Å². The Balaban J connectivity index is 2.19. The third-order valence-corrected chi connectivity index (χ3v) is 3.55. The number of benzene rings is 1. The van der Waals surface area contributed by atoms with Crippen LogP contribution in [-0.2, 0) is 17.2 Å². The molecule has 0 amide bonds. The van der Waals surface area contributed by atoms with Crippen LogP contribution in [0.15, 0.2) is 27.4 Å². The van der Waals surface area contributed by atoms with Gasteiger partial charge in [-0.05, 0) is 17.7 Å². The van der Waals surface area contributed by atoms with E-state index in [1.165, 1.54) is 4.57 Å². The molecule has 0 saturated carbocycles. The van der Waals surface area contributed by atoms with Crippen LogP contribution < -0.4 is 11.5 Å². The lowest BCUT2D eigenvalue weighted by molar-refractivity contribution is -0.0549. The van der Waals surface area contributed by atoms with Gasteiger partial charge in [0.05, 0.1) is 24.1 Å². The second-order valence-corrected chi connectivity index (χ2v) is 4.59. The summed E-state index contributed by atoms with van der Waals surface area (Å²) in [6, 6.07) is 5.75. The molecule has 3 rings (SSSR count). The van der Waals surface area contributed by atoms with Crippen LogP contribution in [0.3, 0.4) is 0 Å². The smallest absolute Gasteiger partial charge is 0.408 e. The summed E-state index contributed by atoms with van der Waals surface area (Å²) >= 11 is 0. The topological polar surface area (TPSA) is 70.4 Å². The van der Waals surface area contributed by atoms with E-state index in [-0.39, 0.29) is 11.2 Å². The average Bonchev–Trinajstić information content (AvgIpc) is 2.55. The molecule has 90 valence electrons. The first kappa shape index (κ1) is 10.6. The number of ether oxygens (including phenoxy) is 1. The van der Waals surface area contributed by atoms with Crippen LogP contribution >= 0.6 is 0 Å². The van der Waals surface area contributed by atoms with Crippen LogP contribution in [0, 0.1) is 0 Å². The Bertz CT molecular complexity index is 617. The highest BCUT2D eigenvalue weighted by atomic mass is 16.5. The predicted octanol–water partition coefficient (Wildman–Crippen LogP) is 0.358. The maximum atomic E-state index is 11.4. The average molecular weight is 234 g/mol. The van der Waals surface area contributed by atoms with Crippen molar-refractivity contribution in [3.8, 4) is 0 Å². The van der Waals surface area contributed by atoms with E-state index in [2.05, 4.69) is 0 Å². The molecular formula is C12H14N2O3. The van der Waals surface area contributed by atoms with Gasteiger partial charge in [-0.3, -0.25) is 4.57 Å². The van der Waals surface area contributed by atoms with Crippen molar-refractivity contribution in [1.82, 2.24) is 4.57 Å². The Morgan fingerprint density at radius 1 is 1.47 bits per heavy atom. The summed E-state index contributed by atoms with van der Waals surface area (Å²) in [5, 5.41) is 0. The molecule has 0 spiro atoms. The molecule has 2 heterocycles. The zero-order chi connectivity index (χ0) is 12.0. The zero-order valence-electron chi connectivity index (χ0n) is 9.60. The summed E-state index contributed by atoms with van der Waals surface area (Å²) in [4.78, 5) is 11.4. The number of aryl methyl sites for hydroxylation is 1. The summed E-state index contributed by atoms with van der Waals surface area (Å²) in [6.07, 6.45) is 0. The van der Waals surface area contributed by atoms with E-state index in [0.717, 1.165) is 11.1 Å². The fraction of sp³-hybridized carbons (Fsp3) is 0.417. The molecule has 1 aliphatic heterocycles. The van der Waals surface area contributed by atoms with E-state index < -0.39 is 0 Å². The van der Waals surface area contributed by atoms with Gasteiger partial charge in [0, 0.05) is 13.6 Å². The number of fused-ring (bicyclic) bond motifs is 1. The van der Waals surface area contributed by atoms with E-state index in [1.54, 1.807) is 7.05 Å². The minimum absolute atomic E-state index is 0.0957. The number of rotatable bonds is 2. The second kappa shape index (κ2) is 3.45. The van der Waals surface area contributed by atoms with Crippen LogP contribution in [0.5, 0.6) is 0 Å². The van der Waals surface area contributed by atoms with Crippen LogP contribution in [0.2, 0.25) is 0 Å². The molecule has 5 nitrogen and oxygen atoms in total. The highest BCUT2D eigenvalue weighted by Gasteiger charge is 2.39. The first-order chi connectivity index (χ1) is 8.16. The van der Waals surface area contributed by atoms with Gasteiger partial charge in [0.1, 0.15) is 0 Å². The van der Waals surface area contributed by atoms with Gasteiger partial charge in [0.2, 0.25) is 0 Å². The van der Waals surface area contributed by atoms with E-state index in [1.807, 2.05) is 18.2 Å². The normalized spacial score (nSPS) is 18.2. The summed E-state index contributed by atoms with van der Waals surface area (Å²) < 4.78 is 11.9. The zero-order valence-corrected chi connectivity index (χ0v) is 9.60. The van der Waals surface area contributed by atoms with E-state index in [4.69, 9.17) is 14.9 Å². The molecule has 0 radical (unpaired) electrons. The van der Waals surface area contributed by atoms with Gasteiger partial charge in [0.25, 0.3) is 0 Å². The van der Waals surface area contributed by atoms with Crippen molar-refractivity contribution in [2.45, 2.75) is 5.41 Å². The number of nitrogens with zero attached hydrogens (tertiary/aromatic N) is 1. The highest BCUT2D eigenvalue weighted by Crippen LogP contribution is 2.32. The Morgan fingerprint density at radius 3 is 2.82 bits per heavy atom. The van der Waals surface area contributed by atoms with E-state index in [0.29, 0.717) is 25.3 Å². The minimum Gasteiger partial charge on any atom is -0.408 e. The Kier molecular flexibility index (Phi) is 2.14. The molecule has 17 heavy (non-hydrogen) atoms. The molecule has 1 aliphatic rings. The Morgan fingerprint density at radius 2 is 2.24 bits per heavy atom. The Hall–Kier alpha value is -1.59. The van der Waals surface area contributed by atoms with Crippen molar-refractivity contribution < 1.29 is 9.15 Å². The quantitative estimate of drug-likeness (QED) is 0.814. The number of hydrogen-bond acceptors (Lipinski definition) is 4. The largest absolute Gasteiger partial charge is 0.419 e. The monoisotopic (exact) mass is 234 g/mol. The fourth-order valence-corrected chi connectivity index (χ4v) is 2.21. The molecule has 1 saturated heterocycles. The number of hydrogen-bond donors (Lipinski definition) is 1. The van der Waals surface area contributed by atoms with Crippen molar-refractivity contribution in [2.24, 2.45) is 12.8 Å². The lowest BCUT2D eigenvalue weighted by Crippen LogP contribution is -2.52. The molecule has 1 fully saturated rings.